The van der Waals surface area contributed by atoms with Crippen molar-refractivity contribution >= 4 is 0 Å². The molecule has 0 amide bonds. The van der Waals surface area contributed by atoms with E-state index in [1.807, 2.05) is 30.3 Å². The van der Waals surface area contributed by atoms with Crippen molar-refractivity contribution in [2.45, 2.75) is 26.1 Å². The van der Waals surface area contributed by atoms with Gasteiger partial charge in [0, 0.05) is 12.1 Å². The summed E-state index contributed by atoms with van der Waals surface area (Å²) < 4.78 is 33.1. The Bertz CT molecular complexity index is 566. The van der Waals surface area contributed by atoms with E-state index in [0.29, 0.717) is 0 Å². The predicted molar refractivity (Wildman–Crippen MR) is 72.4 cm³/mol. The molecule has 2 aromatic carbocycles. The molecule has 1 N–H and O–H groups in total. The molecule has 20 heavy (non-hydrogen) atoms. The van der Waals surface area contributed by atoms with Crippen molar-refractivity contribution in [2.75, 3.05) is 0 Å². The first-order valence-electron chi connectivity index (χ1n) is 6.26. The third-order valence-corrected chi connectivity index (χ3v) is 2.88. The summed E-state index contributed by atoms with van der Waals surface area (Å²) >= 11 is 0. The van der Waals surface area contributed by atoms with E-state index >= 15 is 0 Å². The van der Waals surface area contributed by atoms with Crippen LogP contribution in [0.2, 0.25) is 0 Å². The van der Waals surface area contributed by atoms with Crippen molar-refractivity contribution in [2.24, 2.45) is 0 Å². The Morgan fingerprint density at radius 3 is 2.10 bits per heavy atom. The van der Waals surface area contributed by atoms with Crippen molar-refractivity contribution in [3.05, 3.63) is 65.2 Å². The first-order valence-corrected chi connectivity index (χ1v) is 6.26. The van der Waals surface area contributed by atoms with Crippen LogP contribution in [0.5, 0.6) is 5.75 Å². The summed E-state index contributed by atoms with van der Waals surface area (Å²) in [7, 11) is 0. The minimum absolute atomic E-state index is 0.0943. The maximum atomic E-state index is 13.9. The van der Waals surface area contributed by atoms with E-state index in [-0.39, 0.29) is 17.9 Å². The quantitative estimate of drug-likeness (QED) is 0.922. The number of aliphatic hydroxyl groups is 1. The average molecular weight is 278 g/mol. The van der Waals surface area contributed by atoms with Crippen LogP contribution in [0.3, 0.4) is 0 Å². The summed E-state index contributed by atoms with van der Waals surface area (Å²) in [6.45, 7) is 2.89. The van der Waals surface area contributed by atoms with Gasteiger partial charge < -0.3 is 9.84 Å². The highest BCUT2D eigenvalue weighted by molar-refractivity contribution is 5.33. The van der Waals surface area contributed by atoms with Gasteiger partial charge in [0.2, 0.25) is 0 Å². The molecule has 0 fully saturated rings. The van der Waals surface area contributed by atoms with Gasteiger partial charge in [-0.2, -0.15) is 0 Å². The Hall–Kier alpha value is -1.94. The molecule has 106 valence electrons. The molecule has 0 heterocycles. The molecule has 0 bridgehead atoms. The Labute approximate surface area is 116 Å². The highest BCUT2D eigenvalue weighted by Gasteiger charge is 2.26. The number of halogens is 2. The van der Waals surface area contributed by atoms with E-state index in [1.165, 1.54) is 13.8 Å². The average Bonchev–Trinajstić information content (AvgIpc) is 2.35. The SMILES string of the molecule is CC(C)(O)c1c(F)cc(OCc2ccccc2)cc1F. The van der Waals surface area contributed by atoms with Crippen molar-refractivity contribution < 1.29 is 18.6 Å². The Morgan fingerprint density at radius 1 is 1.05 bits per heavy atom. The summed E-state index contributed by atoms with van der Waals surface area (Å²) in [5, 5.41) is 9.73. The first kappa shape index (κ1) is 14.5. The lowest BCUT2D eigenvalue weighted by Gasteiger charge is -2.20. The summed E-state index contributed by atoms with van der Waals surface area (Å²) in [6.07, 6.45) is 0. The zero-order valence-electron chi connectivity index (χ0n) is 11.4. The van der Waals surface area contributed by atoms with Crippen LogP contribution in [-0.2, 0) is 12.2 Å². The lowest BCUT2D eigenvalue weighted by molar-refractivity contribution is 0.0700. The van der Waals surface area contributed by atoms with Gasteiger partial charge in [0.15, 0.2) is 0 Å². The molecule has 2 aromatic rings. The minimum atomic E-state index is -1.58. The molecular weight excluding hydrogens is 262 g/mol. The highest BCUT2D eigenvalue weighted by atomic mass is 19.1. The molecule has 0 unspecified atom stereocenters. The minimum Gasteiger partial charge on any atom is -0.489 e. The van der Waals surface area contributed by atoms with E-state index in [9.17, 15) is 13.9 Å². The van der Waals surface area contributed by atoms with Crippen LogP contribution in [0.25, 0.3) is 0 Å². The second-order valence-electron chi connectivity index (χ2n) is 5.10. The molecule has 0 spiro atoms. The number of rotatable bonds is 4. The normalized spacial score (nSPS) is 11.4. The van der Waals surface area contributed by atoms with Crippen molar-refractivity contribution in [3.63, 3.8) is 0 Å². The molecule has 2 nitrogen and oxygen atoms in total. The fourth-order valence-electron chi connectivity index (χ4n) is 1.96. The second-order valence-corrected chi connectivity index (χ2v) is 5.10. The predicted octanol–water partition coefficient (Wildman–Crippen LogP) is 3.77. The summed E-state index contributed by atoms with van der Waals surface area (Å²) in [4.78, 5) is 0. The van der Waals surface area contributed by atoms with Gasteiger partial charge in [-0.1, -0.05) is 30.3 Å². The molecule has 0 aliphatic heterocycles. The number of hydrogen-bond acceptors (Lipinski definition) is 2. The maximum absolute atomic E-state index is 13.9. The summed E-state index contributed by atoms with van der Waals surface area (Å²) in [6, 6.07) is 11.5. The highest BCUT2D eigenvalue weighted by Crippen LogP contribution is 2.29. The number of hydrogen-bond donors (Lipinski definition) is 1. The van der Waals surface area contributed by atoms with E-state index in [0.717, 1.165) is 17.7 Å². The molecule has 0 aliphatic carbocycles. The molecule has 4 heteroatoms. The molecule has 0 saturated heterocycles. The Morgan fingerprint density at radius 2 is 1.60 bits per heavy atom. The fourth-order valence-corrected chi connectivity index (χ4v) is 1.96. The second kappa shape index (κ2) is 5.59. The molecule has 0 radical (unpaired) electrons. The third-order valence-electron chi connectivity index (χ3n) is 2.88. The van der Waals surface area contributed by atoms with Gasteiger partial charge in [0.25, 0.3) is 0 Å². The Balaban J connectivity index is 2.19. The fraction of sp³-hybridized carbons (Fsp3) is 0.250. The van der Waals surface area contributed by atoms with E-state index in [2.05, 4.69) is 0 Å². The number of ether oxygens (including phenoxy) is 1. The lowest BCUT2D eigenvalue weighted by Crippen LogP contribution is -2.20. The van der Waals surface area contributed by atoms with Gasteiger partial charge in [-0.15, -0.1) is 0 Å². The standard InChI is InChI=1S/C16H16F2O2/c1-16(2,19)15-13(17)8-12(9-14(15)18)20-10-11-6-4-3-5-7-11/h3-9,19H,10H2,1-2H3. The summed E-state index contributed by atoms with van der Waals surface area (Å²) in [5.41, 5.74) is -1.03. The zero-order chi connectivity index (χ0) is 14.8. The first-order chi connectivity index (χ1) is 9.38. The van der Waals surface area contributed by atoms with Crippen LogP contribution in [0.15, 0.2) is 42.5 Å². The van der Waals surface area contributed by atoms with E-state index in [4.69, 9.17) is 4.74 Å². The van der Waals surface area contributed by atoms with Crippen molar-refractivity contribution in [1.29, 1.82) is 0 Å². The van der Waals surface area contributed by atoms with Gasteiger partial charge in [-0.05, 0) is 19.4 Å². The van der Waals surface area contributed by atoms with Crippen molar-refractivity contribution in [1.82, 2.24) is 0 Å². The van der Waals surface area contributed by atoms with Gasteiger partial charge in [-0.3, -0.25) is 0 Å². The van der Waals surface area contributed by atoms with Crippen LogP contribution < -0.4 is 4.74 Å². The monoisotopic (exact) mass is 278 g/mol. The van der Waals surface area contributed by atoms with Crippen LogP contribution >= 0.6 is 0 Å². The van der Waals surface area contributed by atoms with Gasteiger partial charge in [0.05, 0.1) is 11.2 Å². The molecule has 2 rings (SSSR count). The van der Waals surface area contributed by atoms with Crippen LogP contribution in [0.4, 0.5) is 8.78 Å². The Kier molecular flexibility index (Phi) is 4.04. The van der Waals surface area contributed by atoms with Crippen LogP contribution in [0.1, 0.15) is 25.0 Å². The zero-order valence-corrected chi connectivity index (χ0v) is 11.4. The molecular formula is C16H16F2O2. The van der Waals surface area contributed by atoms with Crippen LogP contribution in [0, 0.1) is 11.6 Å². The van der Waals surface area contributed by atoms with E-state index in [1.54, 1.807) is 0 Å². The summed E-state index contributed by atoms with van der Waals surface area (Å²) in [5.74, 6) is -1.54. The molecule has 0 saturated carbocycles. The van der Waals surface area contributed by atoms with Gasteiger partial charge in [0.1, 0.15) is 24.0 Å². The topological polar surface area (TPSA) is 29.5 Å². The molecule has 0 aromatic heterocycles. The van der Waals surface area contributed by atoms with Gasteiger partial charge >= 0.3 is 0 Å². The maximum Gasteiger partial charge on any atom is 0.135 e. The number of benzene rings is 2. The smallest absolute Gasteiger partial charge is 0.135 e. The van der Waals surface area contributed by atoms with E-state index < -0.39 is 17.2 Å². The largest absolute Gasteiger partial charge is 0.489 e. The molecule has 0 aliphatic rings. The third kappa shape index (κ3) is 3.33. The van der Waals surface area contributed by atoms with Gasteiger partial charge in [-0.25, -0.2) is 8.78 Å². The lowest BCUT2D eigenvalue weighted by atomic mass is 9.97. The van der Waals surface area contributed by atoms with Crippen LogP contribution in [-0.4, -0.2) is 5.11 Å². The molecule has 0 atom stereocenters. The van der Waals surface area contributed by atoms with Crippen molar-refractivity contribution in [3.8, 4) is 5.75 Å².